The van der Waals surface area contributed by atoms with Crippen molar-refractivity contribution in [3.8, 4) is 0 Å². The van der Waals surface area contributed by atoms with Crippen molar-refractivity contribution in [1.82, 2.24) is 15.1 Å². The number of rotatable bonds is 5. The van der Waals surface area contributed by atoms with Crippen LogP contribution in [0.1, 0.15) is 43.7 Å². The van der Waals surface area contributed by atoms with Gasteiger partial charge in [-0.25, -0.2) is 0 Å². The van der Waals surface area contributed by atoms with Gasteiger partial charge in [0.05, 0.1) is 5.88 Å². The molecule has 1 N–H and O–H groups in total. The number of anilines is 1. The minimum Gasteiger partial charge on any atom is -0.320 e. The van der Waals surface area contributed by atoms with Crippen LogP contribution in [0.2, 0.25) is 0 Å². The molecule has 1 unspecified atom stereocenters. The zero-order valence-corrected chi connectivity index (χ0v) is 17.7. The molecule has 2 amide bonds. The zero-order valence-electron chi connectivity index (χ0n) is 16.1. The van der Waals surface area contributed by atoms with Crippen molar-refractivity contribution in [2.24, 2.45) is 5.92 Å². The maximum absolute atomic E-state index is 12.8. The van der Waals surface area contributed by atoms with Crippen LogP contribution < -0.4 is 5.32 Å². The molecule has 148 valence electrons. The lowest BCUT2D eigenvalue weighted by Crippen LogP contribution is -2.47. The summed E-state index contributed by atoms with van der Waals surface area (Å²) in [5, 5.41) is 12.7. The van der Waals surface area contributed by atoms with Gasteiger partial charge in [-0.05, 0) is 32.3 Å². The fourth-order valence-electron chi connectivity index (χ4n) is 3.46. The molecule has 1 saturated heterocycles. The summed E-state index contributed by atoms with van der Waals surface area (Å²) in [5.74, 6) is 1.28. The zero-order chi connectivity index (χ0) is 19.7. The number of amides is 2. The smallest absolute Gasteiger partial charge is 0.249 e. The molecule has 1 aromatic heterocycles. The first-order valence-electron chi connectivity index (χ1n) is 9.55. The molecule has 1 aliphatic carbocycles. The summed E-state index contributed by atoms with van der Waals surface area (Å²) in [4.78, 5) is 27.1. The summed E-state index contributed by atoms with van der Waals surface area (Å²) < 4.78 is 0. The number of carbonyl (C=O) groups is 2. The summed E-state index contributed by atoms with van der Waals surface area (Å²) in [6.07, 6.45) is 3.00. The molecule has 6 nitrogen and oxygen atoms in total. The second kappa shape index (κ2) is 7.83. The van der Waals surface area contributed by atoms with Gasteiger partial charge in [0.25, 0.3) is 0 Å². The second-order valence-electron chi connectivity index (χ2n) is 7.84. The molecule has 0 spiro atoms. The van der Waals surface area contributed by atoms with Crippen molar-refractivity contribution in [2.45, 2.75) is 44.6 Å². The van der Waals surface area contributed by atoms with E-state index >= 15 is 0 Å². The van der Waals surface area contributed by atoms with E-state index in [4.69, 9.17) is 0 Å². The summed E-state index contributed by atoms with van der Waals surface area (Å²) in [6.45, 7) is 4.20. The number of aromatic nitrogens is 2. The molecule has 1 aliphatic heterocycles. The Kier molecular flexibility index (Phi) is 5.42. The minimum absolute atomic E-state index is 0.105. The lowest BCUT2D eigenvalue weighted by atomic mass is 9.84. The molecular weight excluding hydrogens is 392 g/mol. The fourth-order valence-corrected chi connectivity index (χ4v) is 5.50. The number of thioether (sulfide) groups is 1. The van der Waals surface area contributed by atoms with Gasteiger partial charge in [-0.1, -0.05) is 48.1 Å². The maximum Gasteiger partial charge on any atom is 0.249 e. The van der Waals surface area contributed by atoms with E-state index in [2.05, 4.69) is 41.5 Å². The Labute approximate surface area is 173 Å². The maximum atomic E-state index is 12.8. The predicted octanol–water partition coefficient (Wildman–Crippen LogP) is 3.50. The van der Waals surface area contributed by atoms with Crippen LogP contribution in [0.3, 0.4) is 0 Å². The molecule has 0 radical (unpaired) electrons. The summed E-state index contributed by atoms with van der Waals surface area (Å²) >= 11 is 3.02. The number of nitrogens with zero attached hydrogens (tertiary/aromatic N) is 3. The lowest BCUT2D eigenvalue weighted by Gasteiger charge is -2.31. The third-order valence-corrected chi connectivity index (χ3v) is 7.78. The van der Waals surface area contributed by atoms with E-state index < -0.39 is 6.04 Å². The molecule has 2 heterocycles. The highest BCUT2D eigenvalue weighted by atomic mass is 32.2. The van der Waals surface area contributed by atoms with Crippen molar-refractivity contribution in [2.75, 3.05) is 16.9 Å². The fraction of sp³-hybridized carbons (Fsp3) is 0.500. The second-order valence-corrected chi connectivity index (χ2v) is 9.82. The number of hydrogen-bond donors (Lipinski definition) is 1. The van der Waals surface area contributed by atoms with E-state index in [1.165, 1.54) is 11.3 Å². The van der Waals surface area contributed by atoms with E-state index in [-0.39, 0.29) is 23.1 Å². The van der Waals surface area contributed by atoms with Crippen LogP contribution in [0, 0.1) is 5.92 Å². The van der Waals surface area contributed by atoms with Gasteiger partial charge in [0, 0.05) is 17.1 Å². The van der Waals surface area contributed by atoms with Crippen LogP contribution in [0.25, 0.3) is 0 Å². The van der Waals surface area contributed by atoms with Gasteiger partial charge < -0.3 is 4.90 Å². The molecule has 0 bridgehead atoms. The first kappa shape index (κ1) is 19.4. The van der Waals surface area contributed by atoms with E-state index in [1.54, 1.807) is 16.7 Å². The molecule has 28 heavy (non-hydrogen) atoms. The Hall–Kier alpha value is -1.93. The molecule has 2 fully saturated rings. The topological polar surface area (TPSA) is 75.2 Å². The highest BCUT2D eigenvalue weighted by molar-refractivity contribution is 7.99. The van der Waals surface area contributed by atoms with Crippen LogP contribution in [0.5, 0.6) is 0 Å². The molecule has 2 aromatic rings. The lowest BCUT2D eigenvalue weighted by molar-refractivity contribution is -0.141. The normalized spacial score (nSPS) is 20.1. The third kappa shape index (κ3) is 3.67. The highest BCUT2D eigenvalue weighted by Gasteiger charge is 2.39. The van der Waals surface area contributed by atoms with E-state index in [0.29, 0.717) is 16.8 Å². The number of benzene rings is 1. The number of hydrogen-bond acceptors (Lipinski definition) is 6. The van der Waals surface area contributed by atoms with E-state index in [9.17, 15) is 9.59 Å². The van der Waals surface area contributed by atoms with Crippen LogP contribution in [-0.4, -0.2) is 44.6 Å². The van der Waals surface area contributed by atoms with Crippen LogP contribution in [-0.2, 0) is 15.0 Å². The first-order chi connectivity index (χ1) is 13.5. The molecule has 8 heteroatoms. The molecule has 4 rings (SSSR count). The molecular formula is C20H24N4O2S2. The van der Waals surface area contributed by atoms with Crippen LogP contribution in [0.15, 0.2) is 30.3 Å². The minimum atomic E-state index is -0.424. The van der Waals surface area contributed by atoms with E-state index in [1.807, 2.05) is 18.2 Å². The Morgan fingerprint density at radius 3 is 2.61 bits per heavy atom. The Morgan fingerprint density at radius 1 is 1.18 bits per heavy atom. The van der Waals surface area contributed by atoms with Gasteiger partial charge in [-0.3, -0.25) is 14.9 Å². The Balaban J connectivity index is 1.45. The van der Waals surface area contributed by atoms with E-state index in [0.717, 1.165) is 29.8 Å². The van der Waals surface area contributed by atoms with Gasteiger partial charge in [-0.2, -0.15) is 0 Å². The molecule has 2 aliphatic rings. The van der Waals surface area contributed by atoms with Crippen molar-refractivity contribution in [3.63, 3.8) is 0 Å². The quantitative estimate of drug-likeness (QED) is 0.807. The molecule has 1 aromatic carbocycles. The first-order valence-corrected chi connectivity index (χ1v) is 11.5. The summed E-state index contributed by atoms with van der Waals surface area (Å²) in [6, 6.07) is 9.71. The van der Waals surface area contributed by atoms with Crippen molar-refractivity contribution in [3.05, 3.63) is 40.9 Å². The number of carbonyl (C=O) groups excluding carboxylic acids is 2. The van der Waals surface area contributed by atoms with Gasteiger partial charge in [0.1, 0.15) is 11.0 Å². The highest BCUT2D eigenvalue weighted by Crippen LogP contribution is 2.35. The number of nitrogens with one attached hydrogen (secondary N) is 1. The average molecular weight is 417 g/mol. The van der Waals surface area contributed by atoms with Gasteiger partial charge in [-0.15, -0.1) is 22.0 Å². The largest absolute Gasteiger partial charge is 0.320 e. The van der Waals surface area contributed by atoms with Crippen molar-refractivity contribution < 1.29 is 9.59 Å². The van der Waals surface area contributed by atoms with Gasteiger partial charge >= 0.3 is 0 Å². The average Bonchev–Trinajstić information content (AvgIpc) is 3.30. The summed E-state index contributed by atoms with van der Waals surface area (Å²) in [5.41, 5.74) is 0.852. The molecule has 1 atom stereocenters. The van der Waals surface area contributed by atoms with Gasteiger partial charge in [0.2, 0.25) is 16.9 Å². The Morgan fingerprint density at radius 2 is 1.93 bits per heavy atom. The Bertz CT molecular complexity index is 864. The third-order valence-electron chi connectivity index (χ3n) is 5.61. The van der Waals surface area contributed by atoms with Crippen molar-refractivity contribution >= 4 is 40.0 Å². The summed E-state index contributed by atoms with van der Waals surface area (Å²) in [7, 11) is 0. The van der Waals surface area contributed by atoms with Crippen LogP contribution >= 0.6 is 23.1 Å². The predicted molar refractivity (Wildman–Crippen MR) is 112 cm³/mol. The molecule has 1 saturated carbocycles. The SMILES string of the molecule is CC(C)(c1ccccc1)c1nnc(NC(=O)C2CSCN2C(=O)C2CCC2)s1. The monoisotopic (exact) mass is 416 g/mol. The van der Waals surface area contributed by atoms with Gasteiger partial charge in [0.15, 0.2) is 0 Å². The standard InChI is InChI=1S/C20H24N4O2S2/c1-20(2,14-9-4-3-5-10-14)18-22-23-19(28-18)21-16(25)15-11-27-12-24(15)17(26)13-7-6-8-13/h3-5,9-10,13,15H,6-8,11-12H2,1-2H3,(H,21,23,25). The van der Waals surface area contributed by atoms with Crippen LogP contribution in [0.4, 0.5) is 5.13 Å². The van der Waals surface area contributed by atoms with Crippen molar-refractivity contribution in [1.29, 1.82) is 0 Å².